The molecule has 2 saturated carbocycles. The third kappa shape index (κ3) is 2.71. The summed E-state index contributed by atoms with van der Waals surface area (Å²) in [6.07, 6.45) is 10.2. The van der Waals surface area contributed by atoms with E-state index in [0.29, 0.717) is 12.1 Å². The monoisotopic (exact) mass is 250 g/mol. The van der Waals surface area contributed by atoms with Gasteiger partial charge in [-0.3, -0.25) is 4.79 Å². The van der Waals surface area contributed by atoms with Crippen molar-refractivity contribution in [1.82, 2.24) is 10.6 Å². The smallest absolute Gasteiger partial charge is 0.237 e. The molecule has 0 spiro atoms. The second-order valence-corrected chi connectivity index (χ2v) is 6.58. The third-order valence-corrected chi connectivity index (χ3v) is 5.17. The van der Waals surface area contributed by atoms with Gasteiger partial charge in [0.1, 0.15) is 0 Å². The molecule has 0 bridgehead atoms. The fourth-order valence-electron chi connectivity index (χ4n) is 3.74. The average molecular weight is 250 g/mol. The molecule has 0 aromatic rings. The Kier molecular flexibility index (Phi) is 3.60. The number of amides is 1. The Morgan fingerprint density at radius 1 is 1.11 bits per heavy atom. The quantitative estimate of drug-likeness (QED) is 0.806. The van der Waals surface area contributed by atoms with Gasteiger partial charge in [-0.2, -0.15) is 0 Å². The van der Waals surface area contributed by atoms with Crippen LogP contribution in [-0.4, -0.2) is 24.0 Å². The molecule has 1 heterocycles. The fraction of sp³-hybridized carbons (Fsp3) is 0.933. The summed E-state index contributed by atoms with van der Waals surface area (Å²) >= 11 is 0. The maximum atomic E-state index is 12.2. The molecule has 3 nitrogen and oxygen atoms in total. The molecule has 1 saturated heterocycles. The molecular weight excluding hydrogens is 224 g/mol. The predicted molar refractivity (Wildman–Crippen MR) is 72.2 cm³/mol. The van der Waals surface area contributed by atoms with Crippen LogP contribution >= 0.6 is 0 Å². The lowest BCUT2D eigenvalue weighted by molar-refractivity contribution is -0.125. The Hall–Kier alpha value is -0.570. The Labute approximate surface area is 110 Å². The summed E-state index contributed by atoms with van der Waals surface area (Å²) in [7, 11) is 0. The summed E-state index contributed by atoms with van der Waals surface area (Å²) in [4.78, 5) is 12.2. The summed E-state index contributed by atoms with van der Waals surface area (Å²) in [5.41, 5.74) is 0. The first-order valence-corrected chi connectivity index (χ1v) is 7.80. The van der Waals surface area contributed by atoms with Gasteiger partial charge >= 0.3 is 0 Å². The fourth-order valence-corrected chi connectivity index (χ4v) is 3.74. The lowest BCUT2D eigenvalue weighted by Gasteiger charge is -2.40. The largest absolute Gasteiger partial charge is 0.352 e. The first-order chi connectivity index (χ1) is 8.74. The van der Waals surface area contributed by atoms with Crippen LogP contribution in [0.15, 0.2) is 0 Å². The average Bonchev–Trinajstić information content (AvgIpc) is 3.22. The molecule has 3 fully saturated rings. The van der Waals surface area contributed by atoms with Crippen LogP contribution in [0.1, 0.15) is 58.3 Å². The van der Waals surface area contributed by atoms with Crippen LogP contribution in [0.3, 0.4) is 0 Å². The highest BCUT2D eigenvalue weighted by molar-refractivity contribution is 5.82. The lowest BCUT2D eigenvalue weighted by Crippen LogP contribution is -2.56. The summed E-state index contributed by atoms with van der Waals surface area (Å²) in [5, 5.41) is 6.81. The summed E-state index contributed by atoms with van der Waals surface area (Å²) in [5.74, 6) is 1.84. The standard InChI is InChI=1S/C15H26N2O/c1-10(11-6-7-11)16-15(18)14-9-8-12-4-2-3-5-13(12)17-14/h10-14,17H,2-9H2,1H3,(H,16,18). The molecule has 3 rings (SSSR count). The maximum absolute atomic E-state index is 12.2. The number of carbonyl (C=O) groups excluding carboxylic acids is 1. The van der Waals surface area contributed by atoms with Crippen molar-refractivity contribution >= 4 is 5.91 Å². The molecule has 2 N–H and O–H groups in total. The van der Waals surface area contributed by atoms with Crippen LogP contribution in [-0.2, 0) is 4.79 Å². The number of fused-ring (bicyclic) bond motifs is 1. The maximum Gasteiger partial charge on any atom is 0.237 e. The highest BCUT2D eigenvalue weighted by Crippen LogP contribution is 2.34. The van der Waals surface area contributed by atoms with E-state index in [2.05, 4.69) is 17.6 Å². The van der Waals surface area contributed by atoms with Crippen molar-refractivity contribution in [3.05, 3.63) is 0 Å². The van der Waals surface area contributed by atoms with E-state index >= 15 is 0 Å². The van der Waals surface area contributed by atoms with Crippen LogP contribution in [0.25, 0.3) is 0 Å². The summed E-state index contributed by atoms with van der Waals surface area (Å²) in [6.45, 7) is 2.15. The predicted octanol–water partition coefficient (Wildman–Crippen LogP) is 2.21. The minimum atomic E-state index is 0.0746. The molecule has 1 amide bonds. The Morgan fingerprint density at radius 3 is 2.67 bits per heavy atom. The van der Waals surface area contributed by atoms with Gasteiger partial charge in [-0.1, -0.05) is 12.8 Å². The molecule has 3 aliphatic rings. The van der Waals surface area contributed by atoms with Crippen molar-refractivity contribution in [2.45, 2.75) is 76.4 Å². The topological polar surface area (TPSA) is 41.1 Å². The SMILES string of the molecule is CC(NC(=O)C1CCC2CCCCC2N1)C1CC1. The van der Waals surface area contributed by atoms with Gasteiger partial charge in [0.2, 0.25) is 5.91 Å². The minimum Gasteiger partial charge on any atom is -0.352 e. The number of nitrogens with one attached hydrogen (secondary N) is 2. The second-order valence-electron chi connectivity index (χ2n) is 6.58. The molecular formula is C15H26N2O. The number of hydrogen-bond acceptors (Lipinski definition) is 2. The Bertz CT molecular complexity index is 314. The first kappa shape index (κ1) is 12.5. The van der Waals surface area contributed by atoms with Gasteiger partial charge in [-0.25, -0.2) is 0 Å². The molecule has 4 unspecified atom stereocenters. The summed E-state index contributed by atoms with van der Waals surface area (Å²) < 4.78 is 0. The molecule has 0 aromatic carbocycles. The minimum absolute atomic E-state index is 0.0746. The van der Waals surface area contributed by atoms with Gasteiger partial charge in [0.15, 0.2) is 0 Å². The van der Waals surface area contributed by atoms with Crippen LogP contribution in [0.4, 0.5) is 0 Å². The molecule has 3 heteroatoms. The molecule has 2 aliphatic carbocycles. The van der Waals surface area contributed by atoms with Gasteiger partial charge < -0.3 is 10.6 Å². The van der Waals surface area contributed by atoms with Crippen molar-refractivity contribution in [2.24, 2.45) is 11.8 Å². The van der Waals surface area contributed by atoms with E-state index in [-0.39, 0.29) is 11.9 Å². The number of hydrogen-bond donors (Lipinski definition) is 2. The molecule has 4 atom stereocenters. The normalized spacial score (nSPS) is 37.7. The van der Waals surface area contributed by atoms with Crippen LogP contribution in [0.5, 0.6) is 0 Å². The van der Waals surface area contributed by atoms with Crippen LogP contribution in [0, 0.1) is 11.8 Å². The third-order valence-electron chi connectivity index (χ3n) is 5.17. The molecule has 102 valence electrons. The van der Waals surface area contributed by atoms with E-state index in [9.17, 15) is 4.79 Å². The highest BCUT2D eigenvalue weighted by Gasteiger charge is 2.36. The van der Waals surface area contributed by atoms with Crippen LogP contribution < -0.4 is 10.6 Å². The van der Waals surface area contributed by atoms with Crippen molar-refractivity contribution < 1.29 is 4.79 Å². The van der Waals surface area contributed by atoms with Gasteiger partial charge in [0, 0.05) is 12.1 Å². The lowest BCUT2D eigenvalue weighted by atomic mass is 9.77. The van der Waals surface area contributed by atoms with Gasteiger partial charge in [-0.15, -0.1) is 0 Å². The van der Waals surface area contributed by atoms with Crippen LogP contribution in [0.2, 0.25) is 0 Å². The summed E-state index contributed by atoms with van der Waals surface area (Å²) in [6, 6.07) is 1.06. The zero-order valence-corrected chi connectivity index (χ0v) is 11.5. The zero-order valence-electron chi connectivity index (χ0n) is 11.5. The van der Waals surface area contributed by atoms with E-state index in [1.54, 1.807) is 0 Å². The van der Waals surface area contributed by atoms with Gasteiger partial charge in [0.25, 0.3) is 0 Å². The second kappa shape index (κ2) is 5.20. The Balaban J connectivity index is 1.51. The first-order valence-electron chi connectivity index (χ1n) is 7.80. The zero-order chi connectivity index (χ0) is 12.5. The number of carbonyl (C=O) groups is 1. The molecule has 1 aliphatic heterocycles. The van der Waals surface area contributed by atoms with E-state index in [4.69, 9.17) is 0 Å². The highest BCUT2D eigenvalue weighted by atomic mass is 16.2. The van der Waals surface area contributed by atoms with Gasteiger partial charge in [-0.05, 0) is 57.3 Å². The van der Waals surface area contributed by atoms with Gasteiger partial charge in [0.05, 0.1) is 6.04 Å². The Morgan fingerprint density at radius 2 is 1.89 bits per heavy atom. The van der Waals surface area contributed by atoms with Crippen molar-refractivity contribution in [1.29, 1.82) is 0 Å². The molecule has 0 aromatic heterocycles. The van der Waals surface area contributed by atoms with E-state index in [1.165, 1.54) is 44.9 Å². The van der Waals surface area contributed by atoms with Crippen molar-refractivity contribution in [3.8, 4) is 0 Å². The van der Waals surface area contributed by atoms with E-state index in [1.807, 2.05) is 0 Å². The molecule has 18 heavy (non-hydrogen) atoms. The molecule has 0 radical (unpaired) electrons. The van der Waals surface area contributed by atoms with Crippen molar-refractivity contribution in [3.63, 3.8) is 0 Å². The number of piperidine rings is 1. The number of rotatable bonds is 3. The van der Waals surface area contributed by atoms with Crippen molar-refractivity contribution in [2.75, 3.05) is 0 Å². The van der Waals surface area contributed by atoms with E-state index < -0.39 is 0 Å². The van der Waals surface area contributed by atoms with E-state index in [0.717, 1.165) is 18.3 Å².